The third kappa shape index (κ3) is 5.14. The van der Waals surface area contributed by atoms with Crippen molar-refractivity contribution in [3.63, 3.8) is 0 Å². The minimum Gasteiger partial charge on any atom is -0.744 e. The summed E-state index contributed by atoms with van der Waals surface area (Å²) in [6.45, 7) is 4.09. The normalized spacial score (nSPS) is 14.9. The highest BCUT2D eigenvalue weighted by molar-refractivity contribution is 7.90. The van der Waals surface area contributed by atoms with Gasteiger partial charge in [-0.1, -0.05) is 38.1 Å². The fourth-order valence-corrected chi connectivity index (χ4v) is 3.91. The van der Waals surface area contributed by atoms with E-state index in [1.165, 1.54) is 18.4 Å². The molecular weight excluding hydrogens is 360 g/mol. The van der Waals surface area contributed by atoms with Gasteiger partial charge >= 0.3 is 0 Å². The monoisotopic (exact) mass is 381 g/mol. The maximum absolute atomic E-state index is 11.5. The fourth-order valence-electron chi connectivity index (χ4n) is 2.81. The van der Waals surface area contributed by atoms with Crippen molar-refractivity contribution in [2.24, 2.45) is 0 Å². The van der Waals surface area contributed by atoms with E-state index in [1.807, 2.05) is 19.1 Å². The van der Waals surface area contributed by atoms with Crippen LogP contribution in [0.15, 0.2) is 58.3 Å². The van der Waals surface area contributed by atoms with Crippen LogP contribution in [-0.2, 0) is 20.0 Å². The molecule has 0 spiro atoms. The Morgan fingerprint density at radius 2 is 1.12 bits per heavy atom. The molecule has 25 heavy (non-hydrogen) atoms. The first-order valence-electron chi connectivity index (χ1n) is 7.84. The zero-order valence-corrected chi connectivity index (χ0v) is 16.0. The summed E-state index contributed by atoms with van der Waals surface area (Å²) in [7, 11) is -7.63. The number of benzene rings is 2. The second kappa shape index (κ2) is 7.27. The zero-order valence-electron chi connectivity index (χ0n) is 14.3. The molecule has 2 rings (SSSR count). The number of sulfone groups is 1. The first-order valence-corrected chi connectivity index (χ1v) is 11.1. The van der Waals surface area contributed by atoms with Gasteiger partial charge in [0.05, 0.1) is 9.79 Å². The van der Waals surface area contributed by atoms with Gasteiger partial charge in [-0.2, -0.15) is 0 Å². The lowest BCUT2D eigenvalue weighted by atomic mass is 9.87. The van der Waals surface area contributed by atoms with Crippen molar-refractivity contribution < 1.29 is 21.4 Å². The Morgan fingerprint density at radius 1 is 0.760 bits per heavy atom. The highest BCUT2D eigenvalue weighted by Crippen LogP contribution is 2.30. The lowest BCUT2D eigenvalue weighted by Crippen LogP contribution is -2.03. The lowest BCUT2D eigenvalue weighted by molar-refractivity contribution is 0.463. The summed E-state index contributed by atoms with van der Waals surface area (Å²) < 4.78 is 55.9. The number of hydrogen-bond acceptors (Lipinski definition) is 5. The minimum absolute atomic E-state index is 0.160. The molecular formula is C18H21O5S2-. The third-order valence-electron chi connectivity index (χ3n) is 4.32. The summed E-state index contributed by atoms with van der Waals surface area (Å²) in [6, 6.07) is 12.9. The molecule has 2 atom stereocenters. The zero-order chi connectivity index (χ0) is 18.8. The van der Waals surface area contributed by atoms with Gasteiger partial charge in [-0.3, -0.25) is 0 Å². The Hall–Kier alpha value is -1.70. The highest BCUT2D eigenvalue weighted by atomic mass is 32.2. The van der Waals surface area contributed by atoms with Crippen LogP contribution in [0.4, 0.5) is 0 Å². The van der Waals surface area contributed by atoms with E-state index in [-0.39, 0.29) is 16.7 Å². The molecule has 0 aliphatic carbocycles. The predicted octanol–water partition coefficient (Wildman–Crippen LogP) is 3.29. The van der Waals surface area contributed by atoms with Crippen LogP contribution in [0, 0.1) is 0 Å². The first kappa shape index (κ1) is 19.6. The second-order valence-corrected chi connectivity index (χ2v) is 9.80. The SMILES string of the molecule is CC(CC(C)c1ccc(S(=O)(=O)[O-])cc1)c1ccc(S(C)(=O)=O)cc1. The van der Waals surface area contributed by atoms with Crippen LogP contribution >= 0.6 is 0 Å². The Morgan fingerprint density at radius 3 is 1.44 bits per heavy atom. The largest absolute Gasteiger partial charge is 0.744 e. The van der Waals surface area contributed by atoms with Crippen LogP contribution in [0.25, 0.3) is 0 Å². The standard InChI is InChI=1S/C18H22O5S2/c1-13(15-4-8-17(9-5-15)24(3,19)20)12-14(2)16-6-10-18(11-7-16)25(21,22)23/h4-11,13-14H,12H2,1-3H3,(H,21,22,23)/p-1. The molecule has 7 heteroatoms. The van der Waals surface area contributed by atoms with E-state index in [0.29, 0.717) is 4.90 Å². The molecule has 2 aromatic carbocycles. The van der Waals surface area contributed by atoms with Gasteiger partial charge in [0.15, 0.2) is 9.84 Å². The van der Waals surface area contributed by atoms with E-state index in [0.717, 1.165) is 17.5 Å². The van der Waals surface area contributed by atoms with Gasteiger partial charge in [0.2, 0.25) is 0 Å². The second-order valence-electron chi connectivity index (χ2n) is 6.40. The minimum atomic E-state index is -4.43. The molecule has 2 unspecified atom stereocenters. The molecule has 0 saturated heterocycles. The van der Waals surface area contributed by atoms with Crippen molar-refractivity contribution in [3.05, 3.63) is 59.7 Å². The summed E-state index contributed by atoms with van der Waals surface area (Å²) >= 11 is 0. The molecule has 0 aromatic heterocycles. The van der Waals surface area contributed by atoms with Gasteiger partial charge in [0.1, 0.15) is 10.1 Å². The summed E-state index contributed by atoms with van der Waals surface area (Å²) in [5.41, 5.74) is 1.99. The van der Waals surface area contributed by atoms with Gasteiger partial charge in [-0.05, 0) is 53.6 Å². The quantitative estimate of drug-likeness (QED) is 0.716. The maximum atomic E-state index is 11.5. The average molecular weight is 381 g/mol. The molecule has 2 aromatic rings. The molecule has 0 bridgehead atoms. The van der Waals surface area contributed by atoms with E-state index in [9.17, 15) is 21.4 Å². The number of hydrogen-bond donors (Lipinski definition) is 0. The molecule has 0 fully saturated rings. The number of rotatable bonds is 6. The molecule has 136 valence electrons. The van der Waals surface area contributed by atoms with Gasteiger partial charge in [-0.25, -0.2) is 16.8 Å². The molecule has 0 aliphatic heterocycles. The Balaban J connectivity index is 2.10. The average Bonchev–Trinajstić information content (AvgIpc) is 2.53. The van der Waals surface area contributed by atoms with Gasteiger partial charge in [0, 0.05) is 6.26 Å². The third-order valence-corrected chi connectivity index (χ3v) is 6.30. The topological polar surface area (TPSA) is 91.3 Å². The molecule has 0 aliphatic rings. The van der Waals surface area contributed by atoms with Crippen molar-refractivity contribution in [3.8, 4) is 0 Å². The fraction of sp³-hybridized carbons (Fsp3) is 0.333. The van der Waals surface area contributed by atoms with Crippen molar-refractivity contribution in [2.75, 3.05) is 6.26 Å². The maximum Gasteiger partial charge on any atom is 0.175 e. The molecule has 0 amide bonds. The molecule has 0 N–H and O–H groups in total. The van der Waals surface area contributed by atoms with E-state index >= 15 is 0 Å². The van der Waals surface area contributed by atoms with E-state index in [1.54, 1.807) is 24.3 Å². The van der Waals surface area contributed by atoms with E-state index in [2.05, 4.69) is 6.92 Å². The summed E-state index contributed by atoms with van der Waals surface area (Å²) in [5, 5.41) is 0. The van der Waals surface area contributed by atoms with Gasteiger partial charge < -0.3 is 4.55 Å². The van der Waals surface area contributed by atoms with Crippen molar-refractivity contribution in [1.29, 1.82) is 0 Å². The molecule has 5 nitrogen and oxygen atoms in total. The summed E-state index contributed by atoms with van der Waals surface area (Å²) in [4.78, 5) is 0.0683. The highest BCUT2D eigenvalue weighted by Gasteiger charge is 2.14. The predicted molar refractivity (Wildman–Crippen MR) is 95.4 cm³/mol. The summed E-state index contributed by atoms with van der Waals surface area (Å²) in [5.74, 6) is 0.361. The summed E-state index contributed by atoms with van der Waals surface area (Å²) in [6.07, 6.45) is 1.99. The van der Waals surface area contributed by atoms with Crippen LogP contribution in [0.3, 0.4) is 0 Å². The molecule has 0 heterocycles. The van der Waals surface area contributed by atoms with Crippen molar-refractivity contribution in [1.82, 2.24) is 0 Å². The van der Waals surface area contributed by atoms with Crippen molar-refractivity contribution in [2.45, 2.75) is 41.9 Å². The van der Waals surface area contributed by atoms with Gasteiger partial charge in [-0.15, -0.1) is 0 Å². The van der Waals surface area contributed by atoms with Gasteiger partial charge in [0.25, 0.3) is 0 Å². The Bertz CT molecular complexity index is 848. The smallest absolute Gasteiger partial charge is 0.175 e. The van der Waals surface area contributed by atoms with Crippen LogP contribution in [0.2, 0.25) is 0 Å². The van der Waals surface area contributed by atoms with Crippen LogP contribution in [-0.4, -0.2) is 27.6 Å². The Labute approximate surface area is 149 Å². The van der Waals surface area contributed by atoms with Crippen LogP contribution in [0.5, 0.6) is 0 Å². The van der Waals surface area contributed by atoms with E-state index < -0.39 is 20.0 Å². The van der Waals surface area contributed by atoms with E-state index in [4.69, 9.17) is 0 Å². The van der Waals surface area contributed by atoms with Crippen LogP contribution in [0.1, 0.15) is 43.2 Å². The first-order chi connectivity index (χ1) is 11.5. The van der Waals surface area contributed by atoms with Crippen LogP contribution < -0.4 is 0 Å². The van der Waals surface area contributed by atoms with Crippen molar-refractivity contribution >= 4 is 20.0 Å². The molecule has 0 saturated carbocycles. The Kier molecular flexibility index (Phi) is 5.71. The molecule has 0 radical (unpaired) electrons. The lowest BCUT2D eigenvalue weighted by Gasteiger charge is -2.19.